The van der Waals surface area contributed by atoms with Crippen molar-refractivity contribution < 1.29 is 4.79 Å². The van der Waals surface area contributed by atoms with Gasteiger partial charge in [-0.2, -0.15) is 4.98 Å². The second kappa shape index (κ2) is 10.3. The maximum Gasteiger partial charge on any atom is 0.253 e. The Morgan fingerprint density at radius 2 is 1.84 bits per heavy atom. The van der Waals surface area contributed by atoms with E-state index in [1.54, 1.807) is 4.52 Å². The van der Waals surface area contributed by atoms with Crippen LogP contribution in [-0.4, -0.2) is 75.9 Å². The number of carbonyl (C=O) groups excluding carboxylic acids is 1. The minimum Gasteiger partial charge on any atom is -0.369 e. The van der Waals surface area contributed by atoms with Gasteiger partial charge in [0, 0.05) is 62.8 Å². The van der Waals surface area contributed by atoms with Gasteiger partial charge in [-0.1, -0.05) is 30.0 Å². The molecule has 1 N–H and O–H groups in total. The predicted molar refractivity (Wildman–Crippen MR) is 128 cm³/mol. The van der Waals surface area contributed by atoms with Crippen molar-refractivity contribution in [3.63, 3.8) is 0 Å². The van der Waals surface area contributed by atoms with Crippen molar-refractivity contribution in [3.8, 4) is 0 Å². The normalized spacial score (nSPS) is 14.8. The summed E-state index contributed by atoms with van der Waals surface area (Å²) in [4.78, 5) is 26.3. The summed E-state index contributed by atoms with van der Waals surface area (Å²) in [7, 11) is 0. The van der Waals surface area contributed by atoms with Gasteiger partial charge < -0.3 is 10.2 Å². The van der Waals surface area contributed by atoms with Crippen LogP contribution in [0.1, 0.15) is 23.4 Å². The molecule has 1 aromatic carbocycles. The van der Waals surface area contributed by atoms with Crippen LogP contribution < -0.4 is 10.2 Å². The topological polar surface area (TPSA) is 78.7 Å². The van der Waals surface area contributed by atoms with E-state index in [0.29, 0.717) is 30.3 Å². The van der Waals surface area contributed by atoms with Crippen LogP contribution in [0, 0.1) is 13.8 Å². The van der Waals surface area contributed by atoms with E-state index in [9.17, 15) is 4.79 Å². The Kier molecular flexibility index (Phi) is 7.26. The molecule has 0 spiro atoms. The zero-order valence-corrected chi connectivity index (χ0v) is 19.9. The summed E-state index contributed by atoms with van der Waals surface area (Å²) in [5.74, 6) is 0.695. The van der Waals surface area contributed by atoms with Gasteiger partial charge in [-0.3, -0.25) is 9.69 Å². The van der Waals surface area contributed by atoms with E-state index in [0.717, 1.165) is 49.7 Å². The highest BCUT2D eigenvalue weighted by Gasteiger charge is 2.17. The highest BCUT2D eigenvalue weighted by Crippen LogP contribution is 2.18. The van der Waals surface area contributed by atoms with Crippen LogP contribution in [0.5, 0.6) is 0 Å². The Labute approximate surface area is 193 Å². The lowest BCUT2D eigenvalue weighted by molar-refractivity contribution is -0.121. The molecule has 1 saturated heterocycles. The van der Waals surface area contributed by atoms with Crippen molar-refractivity contribution in [2.75, 3.05) is 50.4 Å². The second-order valence-electron chi connectivity index (χ2n) is 8.09. The first kappa shape index (κ1) is 22.5. The second-order valence-corrected chi connectivity index (χ2v) is 8.86. The molecule has 32 heavy (non-hydrogen) atoms. The number of aryl methyl sites for hydroxylation is 2. The van der Waals surface area contributed by atoms with Gasteiger partial charge in [0.25, 0.3) is 5.78 Å². The van der Waals surface area contributed by atoms with Crippen LogP contribution in [-0.2, 0) is 11.2 Å². The molecule has 9 heteroatoms. The number of thioether (sulfide) groups is 1. The number of hydrogen-bond acceptors (Lipinski definition) is 7. The van der Waals surface area contributed by atoms with Crippen molar-refractivity contribution in [1.29, 1.82) is 0 Å². The Hall–Kier alpha value is -2.65. The number of para-hydroxylation sites is 1. The molecule has 4 rings (SSSR count). The number of benzene rings is 1. The molecule has 170 valence electrons. The standard InChI is InChI=1S/C23H31N7OS/c1-17-20(18(2)30-22(25-17)26-23(27-30)32-3)9-10-21(31)24-11-12-28-13-15-29(16-14-28)19-7-5-4-6-8-19/h4-8H,9-16H2,1-3H3,(H,24,31). The molecule has 3 aromatic rings. The fourth-order valence-electron chi connectivity index (χ4n) is 4.19. The molecule has 0 saturated carbocycles. The first-order chi connectivity index (χ1) is 15.5. The first-order valence-electron chi connectivity index (χ1n) is 11.1. The zero-order chi connectivity index (χ0) is 22.5. The van der Waals surface area contributed by atoms with Gasteiger partial charge in [0.15, 0.2) is 0 Å². The number of carbonyl (C=O) groups is 1. The zero-order valence-electron chi connectivity index (χ0n) is 19.0. The molecule has 0 atom stereocenters. The number of amides is 1. The van der Waals surface area contributed by atoms with E-state index < -0.39 is 0 Å². The van der Waals surface area contributed by atoms with Crippen LogP contribution in [0.15, 0.2) is 35.5 Å². The van der Waals surface area contributed by atoms with Crippen LogP contribution >= 0.6 is 11.8 Å². The summed E-state index contributed by atoms with van der Waals surface area (Å²) < 4.78 is 1.78. The third-order valence-electron chi connectivity index (χ3n) is 6.06. The van der Waals surface area contributed by atoms with E-state index in [2.05, 4.69) is 60.5 Å². The quantitative estimate of drug-likeness (QED) is 0.525. The number of nitrogens with one attached hydrogen (secondary N) is 1. The summed E-state index contributed by atoms with van der Waals surface area (Å²) in [5, 5.41) is 8.27. The lowest BCUT2D eigenvalue weighted by Crippen LogP contribution is -2.48. The summed E-state index contributed by atoms with van der Waals surface area (Å²) >= 11 is 1.50. The molecule has 0 unspecified atom stereocenters. The summed E-state index contributed by atoms with van der Waals surface area (Å²) in [5.41, 5.74) is 4.28. The Morgan fingerprint density at radius 1 is 1.09 bits per heavy atom. The van der Waals surface area contributed by atoms with E-state index >= 15 is 0 Å². The van der Waals surface area contributed by atoms with E-state index in [4.69, 9.17) is 0 Å². The largest absolute Gasteiger partial charge is 0.369 e. The number of rotatable bonds is 8. The van der Waals surface area contributed by atoms with E-state index in [1.807, 2.05) is 20.1 Å². The van der Waals surface area contributed by atoms with Crippen LogP contribution in [0.25, 0.3) is 5.78 Å². The maximum atomic E-state index is 12.4. The van der Waals surface area contributed by atoms with Gasteiger partial charge in [-0.15, -0.1) is 5.10 Å². The molecule has 3 heterocycles. The molecule has 1 amide bonds. The minimum absolute atomic E-state index is 0.0789. The highest BCUT2D eigenvalue weighted by molar-refractivity contribution is 7.98. The molecule has 2 aromatic heterocycles. The maximum absolute atomic E-state index is 12.4. The number of hydrogen-bond donors (Lipinski definition) is 1. The van der Waals surface area contributed by atoms with Crippen LogP contribution in [0.2, 0.25) is 0 Å². The lowest BCUT2D eigenvalue weighted by atomic mass is 10.1. The van der Waals surface area contributed by atoms with E-state index in [-0.39, 0.29) is 5.91 Å². The summed E-state index contributed by atoms with van der Waals surface area (Å²) in [6, 6.07) is 10.5. The van der Waals surface area contributed by atoms with Crippen molar-refractivity contribution in [2.24, 2.45) is 0 Å². The van der Waals surface area contributed by atoms with Gasteiger partial charge in [-0.25, -0.2) is 9.50 Å². The average molecular weight is 454 g/mol. The number of fused-ring (bicyclic) bond motifs is 1. The smallest absolute Gasteiger partial charge is 0.253 e. The van der Waals surface area contributed by atoms with E-state index in [1.165, 1.54) is 17.4 Å². The molecule has 0 aliphatic carbocycles. The molecular formula is C23H31N7OS. The first-order valence-corrected chi connectivity index (χ1v) is 12.3. The number of anilines is 1. The Balaban J connectivity index is 1.21. The fraction of sp³-hybridized carbons (Fsp3) is 0.478. The van der Waals surface area contributed by atoms with Gasteiger partial charge in [0.05, 0.1) is 0 Å². The molecule has 1 aliphatic heterocycles. The van der Waals surface area contributed by atoms with Gasteiger partial charge in [0.1, 0.15) is 0 Å². The molecule has 1 aliphatic rings. The Morgan fingerprint density at radius 3 is 2.56 bits per heavy atom. The Bertz CT molecular complexity index is 1060. The molecule has 1 fully saturated rings. The summed E-state index contributed by atoms with van der Waals surface area (Å²) in [6.45, 7) is 9.64. The van der Waals surface area contributed by atoms with Crippen molar-refractivity contribution in [3.05, 3.63) is 47.3 Å². The lowest BCUT2D eigenvalue weighted by Gasteiger charge is -2.36. The fourth-order valence-corrected chi connectivity index (χ4v) is 4.52. The molecule has 0 radical (unpaired) electrons. The number of nitrogens with zero attached hydrogens (tertiary/aromatic N) is 6. The van der Waals surface area contributed by atoms with Crippen molar-refractivity contribution >= 4 is 29.1 Å². The van der Waals surface area contributed by atoms with Gasteiger partial charge in [-0.05, 0) is 44.2 Å². The monoisotopic (exact) mass is 453 g/mol. The van der Waals surface area contributed by atoms with Gasteiger partial charge in [0.2, 0.25) is 11.1 Å². The van der Waals surface area contributed by atoms with Crippen LogP contribution in [0.3, 0.4) is 0 Å². The highest BCUT2D eigenvalue weighted by atomic mass is 32.2. The third-order valence-corrected chi connectivity index (χ3v) is 6.60. The van der Waals surface area contributed by atoms with Gasteiger partial charge >= 0.3 is 0 Å². The average Bonchev–Trinajstić information content (AvgIpc) is 3.23. The minimum atomic E-state index is 0.0789. The molecular weight excluding hydrogens is 422 g/mol. The molecule has 0 bridgehead atoms. The number of piperazine rings is 1. The predicted octanol–water partition coefficient (Wildman–Crippen LogP) is 2.33. The summed E-state index contributed by atoms with van der Waals surface area (Å²) in [6.07, 6.45) is 3.04. The molecule has 8 nitrogen and oxygen atoms in total. The van der Waals surface area contributed by atoms with Crippen molar-refractivity contribution in [1.82, 2.24) is 29.8 Å². The SMILES string of the molecule is CSc1nc2nc(C)c(CCC(=O)NCCN3CCN(c4ccccc4)CC3)c(C)n2n1. The third kappa shape index (κ3) is 5.21. The number of aromatic nitrogens is 4. The van der Waals surface area contributed by atoms with Crippen molar-refractivity contribution in [2.45, 2.75) is 31.8 Å². The van der Waals surface area contributed by atoms with Crippen LogP contribution in [0.4, 0.5) is 5.69 Å².